The highest BCUT2D eigenvalue weighted by Gasteiger charge is 2.31. The third-order valence-electron chi connectivity index (χ3n) is 5.66. The largest absolute Gasteiger partial charge is 0.464 e. The van der Waals surface area contributed by atoms with Gasteiger partial charge in [0.05, 0.1) is 18.5 Å². The first kappa shape index (κ1) is 24.6. The number of aromatic nitrogens is 2. The molecule has 0 radical (unpaired) electrons. The van der Waals surface area contributed by atoms with Crippen LogP contribution in [0, 0.1) is 24.7 Å². The summed E-state index contributed by atoms with van der Waals surface area (Å²) in [5.41, 5.74) is 3.51. The van der Waals surface area contributed by atoms with E-state index in [0.29, 0.717) is 37.9 Å². The van der Waals surface area contributed by atoms with Crippen molar-refractivity contribution in [1.82, 2.24) is 20.0 Å². The van der Waals surface area contributed by atoms with E-state index in [4.69, 9.17) is 4.42 Å². The summed E-state index contributed by atoms with van der Waals surface area (Å²) in [4.78, 5) is 28.9. The first-order valence-corrected chi connectivity index (χ1v) is 11.7. The molecule has 1 unspecified atom stereocenters. The summed E-state index contributed by atoms with van der Waals surface area (Å²) in [5, 5.41) is 8.32. The third kappa shape index (κ3) is 6.46. The minimum atomic E-state index is -0.809. The Bertz CT molecular complexity index is 1070. The molecule has 7 heteroatoms. The number of carbonyl (C=O) groups is 2. The number of fused-ring (bicyclic) bond motifs is 1. The molecule has 2 amide bonds. The standard InChI is InChI=1S/C26H36N4O3/c1-17(2)15-30(16-18(3)4)26(32)23(13-20-7-8-24-21(12-20)9-10-33-24)25(31)27-14-22-11-19(5)29(6)28-22/h7-12,17-18,23H,13-16H2,1-6H3,(H,27,31). The number of rotatable bonds is 10. The predicted molar refractivity (Wildman–Crippen MR) is 129 cm³/mol. The summed E-state index contributed by atoms with van der Waals surface area (Å²) in [6, 6.07) is 9.64. The quantitative estimate of drug-likeness (QED) is 0.470. The van der Waals surface area contributed by atoms with E-state index < -0.39 is 5.92 Å². The molecule has 1 N–H and O–H groups in total. The van der Waals surface area contributed by atoms with E-state index in [0.717, 1.165) is 27.9 Å². The zero-order valence-electron chi connectivity index (χ0n) is 20.6. The maximum absolute atomic E-state index is 13.7. The Morgan fingerprint density at radius 3 is 2.39 bits per heavy atom. The van der Waals surface area contributed by atoms with Gasteiger partial charge in [0, 0.05) is 31.2 Å². The highest BCUT2D eigenvalue weighted by Crippen LogP contribution is 2.21. The number of nitrogens with zero attached hydrogens (tertiary/aromatic N) is 3. The molecular weight excluding hydrogens is 416 g/mol. The van der Waals surface area contributed by atoms with E-state index in [9.17, 15) is 9.59 Å². The van der Waals surface area contributed by atoms with Gasteiger partial charge in [0.2, 0.25) is 11.8 Å². The van der Waals surface area contributed by atoms with Gasteiger partial charge in [0.1, 0.15) is 11.5 Å². The summed E-state index contributed by atoms with van der Waals surface area (Å²) >= 11 is 0. The van der Waals surface area contributed by atoms with Gasteiger partial charge in [-0.05, 0) is 55.0 Å². The fourth-order valence-electron chi connectivity index (χ4n) is 4.05. The molecule has 0 bridgehead atoms. The van der Waals surface area contributed by atoms with Gasteiger partial charge < -0.3 is 14.6 Å². The van der Waals surface area contributed by atoms with Crippen LogP contribution >= 0.6 is 0 Å². The van der Waals surface area contributed by atoms with Crippen molar-refractivity contribution in [1.29, 1.82) is 0 Å². The number of nitrogens with one attached hydrogen (secondary N) is 1. The van der Waals surface area contributed by atoms with Crippen molar-refractivity contribution in [3.63, 3.8) is 0 Å². The highest BCUT2D eigenvalue weighted by molar-refractivity contribution is 6.00. The molecular formula is C26H36N4O3. The Morgan fingerprint density at radius 2 is 1.79 bits per heavy atom. The zero-order chi connectivity index (χ0) is 24.1. The second kappa shape index (κ2) is 10.7. The van der Waals surface area contributed by atoms with Crippen LogP contribution in [0.5, 0.6) is 0 Å². The first-order chi connectivity index (χ1) is 15.6. The second-order valence-corrected chi connectivity index (χ2v) is 9.70. The second-order valence-electron chi connectivity index (χ2n) is 9.70. The summed E-state index contributed by atoms with van der Waals surface area (Å²) < 4.78 is 7.21. The minimum absolute atomic E-state index is 0.126. The van der Waals surface area contributed by atoms with Crippen LogP contribution in [-0.4, -0.2) is 39.6 Å². The van der Waals surface area contributed by atoms with Gasteiger partial charge in [0.15, 0.2) is 0 Å². The molecule has 3 aromatic rings. The molecule has 0 saturated carbocycles. The molecule has 0 aliphatic heterocycles. The Labute approximate surface area is 196 Å². The molecule has 0 fully saturated rings. The molecule has 3 rings (SSSR count). The van der Waals surface area contributed by atoms with Crippen LogP contribution in [0.1, 0.15) is 44.6 Å². The number of hydrogen-bond acceptors (Lipinski definition) is 4. The third-order valence-corrected chi connectivity index (χ3v) is 5.66. The Balaban J connectivity index is 1.84. The fraction of sp³-hybridized carbons (Fsp3) is 0.500. The van der Waals surface area contributed by atoms with E-state index in [-0.39, 0.29) is 11.8 Å². The Hall–Kier alpha value is -3.09. The van der Waals surface area contributed by atoms with E-state index >= 15 is 0 Å². The van der Waals surface area contributed by atoms with Crippen molar-refractivity contribution in [2.75, 3.05) is 13.1 Å². The van der Waals surface area contributed by atoms with Crippen LogP contribution in [-0.2, 0) is 29.6 Å². The van der Waals surface area contributed by atoms with Crippen molar-refractivity contribution >= 4 is 22.8 Å². The minimum Gasteiger partial charge on any atom is -0.464 e. The summed E-state index contributed by atoms with van der Waals surface area (Å²) in [6.07, 6.45) is 1.98. The van der Waals surface area contributed by atoms with E-state index in [1.807, 2.05) is 49.2 Å². The van der Waals surface area contributed by atoms with Gasteiger partial charge >= 0.3 is 0 Å². The van der Waals surface area contributed by atoms with Crippen LogP contribution < -0.4 is 5.32 Å². The average Bonchev–Trinajstić information content (AvgIpc) is 3.34. The van der Waals surface area contributed by atoms with E-state index in [2.05, 4.69) is 38.1 Å². The van der Waals surface area contributed by atoms with Crippen LogP contribution in [0.3, 0.4) is 0 Å². The van der Waals surface area contributed by atoms with Crippen LogP contribution in [0.25, 0.3) is 11.0 Å². The normalized spacial score (nSPS) is 12.5. The maximum atomic E-state index is 13.7. The topological polar surface area (TPSA) is 80.4 Å². The van der Waals surface area contributed by atoms with Crippen molar-refractivity contribution < 1.29 is 14.0 Å². The Kier molecular flexibility index (Phi) is 7.95. The van der Waals surface area contributed by atoms with Gasteiger partial charge in [-0.15, -0.1) is 0 Å². The lowest BCUT2D eigenvalue weighted by Gasteiger charge is -2.30. The monoisotopic (exact) mass is 452 g/mol. The molecule has 1 aromatic carbocycles. The molecule has 0 saturated heterocycles. The Morgan fingerprint density at radius 1 is 1.09 bits per heavy atom. The maximum Gasteiger partial charge on any atom is 0.235 e. The summed E-state index contributed by atoms with van der Waals surface area (Å²) in [6.45, 7) is 11.9. The first-order valence-electron chi connectivity index (χ1n) is 11.7. The molecule has 33 heavy (non-hydrogen) atoms. The predicted octanol–water partition coefficient (Wildman–Crippen LogP) is 4.09. The molecule has 178 valence electrons. The van der Waals surface area contributed by atoms with Crippen molar-refractivity contribution in [2.24, 2.45) is 24.8 Å². The summed E-state index contributed by atoms with van der Waals surface area (Å²) in [5.74, 6) is -0.575. The number of hydrogen-bond donors (Lipinski definition) is 1. The van der Waals surface area contributed by atoms with Gasteiger partial charge in [-0.2, -0.15) is 5.10 Å². The molecule has 7 nitrogen and oxygen atoms in total. The van der Waals surface area contributed by atoms with Crippen molar-refractivity contribution in [2.45, 2.75) is 47.6 Å². The van der Waals surface area contributed by atoms with E-state index in [1.54, 1.807) is 10.9 Å². The fourth-order valence-corrected chi connectivity index (χ4v) is 4.05. The van der Waals surface area contributed by atoms with Crippen molar-refractivity contribution in [3.8, 4) is 0 Å². The van der Waals surface area contributed by atoms with Crippen LogP contribution in [0.4, 0.5) is 0 Å². The van der Waals surface area contributed by atoms with Gasteiger partial charge in [0.25, 0.3) is 0 Å². The molecule has 0 aliphatic rings. The molecule has 0 aliphatic carbocycles. The lowest BCUT2D eigenvalue weighted by atomic mass is 9.95. The zero-order valence-corrected chi connectivity index (χ0v) is 20.6. The lowest BCUT2D eigenvalue weighted by Crippen LogP contribution is -2.46. The number of aryl methyl sites for hydroxylation is 2. The number of carbonyl (C=O) groups excluding carboxylic acids is 2. The van der Waals surface area contributed by atoms with Crippen LogP contribution in [0.2, 0.25) is 0 Å². The van der Waals surface area contributed by atoms with Gasteiger partial charge in [-0.25, -0.2) is 0 Å². The lowest BCUT2D eigenvalue weighted by molar-refractivity contribution is -0.143. The molecule has 2 aromatic heterocycles. The number of amides is 2. The molecule has 0 spiro atoms. The van der Waals surface area contributed by atoms with Crippen molar-refractivity contribution in [3.05, 3.63) is 53.5 Å². The number of benzene rings is 1. The smallest absolute Gasteiger partial charge is 0.235 e. The average molecular weight is 453 g/mol. The van der Waals surface area contributed by atoms with Gasteiger partial charge in [-0.1, -0.05) is 33.8 Å². The summed E-state index contributed by atoms with van der Waals surface area (Å²) in [7, 11) is 1.87. The SMILES string of the molecule is Cc1cc(CNC(=O)C(Cc2ccc3occc3c2)C(=O)N(CC(C)C)CC(C)C)nn1C. The highest BCUT2D eigenvalue weighted by atomic mass is 16.3. The molecule has 2 heterocycles. The van der Waals surface area contributed by atoms with Crippen LogP contribution in [0.15, 0.2) is 41.0 Å². The number of furan rings is 1. The van der Waals surface area contributed by atoms with Gasteiger partial charge in [-0.3, -0.25) is 14.3 Å². The molecule has 1 atom stereocenters. The van der Waals surface area contributed by atoms with E-state index in [1.165, 1.54) is 0 Å².